The number of fused-ring (bicyclic) bond motifs is 7. The lowest BCUT2D eigenvalue weighted by Gasteiger charge is -2.71. The molecule has 5 aliphatic carbocycles. The van der Waals surface area contributed by atoms with Crippen molar-refractivity contribution >= 4 is 11.9 Å². The summed E-state index contributed by atoms with van der Waals surface area (Å²) < 4.78 is 0. The van der Waals surface area contributed by atoms with E-state index in [2.05, 4.69) is 33.8 Å². The maximum absolute atomic E-state index is 12.8. The fourth-order valence-electron chi connectivity index (χ4n) is 10.7. The van der Waals surface area contributed by atoms with Crippen LogP contribution < -0.4 is 0 Å². The molecule has 4 fully saturated rings. The Labute approximate surface area is 215 Å². The van der Waals surface area contributed by atoms with Crippen LogP contribution in [0.4, 0.5) is 0 Å². The summed E-state index contributed by atoms with van der Waals surface area (Å²) in [7, 11) is 0. The van der Waals surface area contributed by atoms with Gasteiger partial charge >= 0.3 is 11.9 Å². The molecule has 36 heavy (non-hydrogen) atoms. The predicted molar refractivity (Wildman–Crippen MR) is 136 cm³/mol. The summed E-state index contributed by atoms with van der Waals surface area (Å²) in [6.07, 6.45) is 8.93. The number of carbonyl (C=O) groups is 2. The molecule has 6 heteroatoms. The first-order valence-corrected chi connectivity index (χ1v) is 14.1. The van der Waals surface area contributed by atoms with Crippen LogP contribution in [0.15, 0.2) is 11.6 Å². The SMILES string of the molecule is C[C@@]1(C(=O)O)CC[C@]2(C(=O)O)CC[C@]3(C)C(=CC[C@@H]4[C@@]5(C)CC[C@@H](O)[C@@](C)(CO)[C@@H]5CC[C@]43C)[C@@H]2C1. The third-order valence-corrected chi connectivity index (χ3v) is 13.5. The smallest absolute Gasteiger partial charge is 0.310 e. The fraction of sp³-hybridized carbons (Fsp3) is 0.867. The van der Waals surface area contributed by atoms with Crippen LogP contribution in [0.25, 0.3) is 0 Å². The van der Waals surface area contributed by atoms with Crippen LogP contribution in [0.5, 0.6) is 0 Å². The van der Waals surface area contributed by atoms with Gasteiger partial charge in [0.05, 0.1) is 23.5 Å². The largest absolute Gasteiger partial charge is 0.481 e. The van der Waals surface area contributed by atoms with E-state index in [4.69, 9.17) is 0 Å². The molecule has 5 rings (SSSR count). The Morgan fingerprint density at radius 2 is 1.56 bits per heavy atom. The molecule has 0 radical (unpaired) electrons. The highest BCUT2D eigenvalue weighted by molar-refractivity contribution is 5.79. The molecule has 0 bridgehead atoms. The summed E-state index contributed by atoms with van der Waals surface area (Å²) >= 11 is 0. The second kappa shape index (κ2) is 7.81. The number of aliphatic hydroxyl groups excluding tert-OH is 2. The number of hydrogen-bond donors (Lipinski definition) is 4. The average Bonchev–Trinajstić information content (AvgIpc) is 2.82. The van der Waals surface area contributed by atoms with Crippen molar-refractivity contribution in [2.24, 2.45) is 50.2 Å². The third-order valence-electron chi connectivity index (χ3n) is 13.5. The molecule has 0 aromatic heterocycles. The van der Waals surface area contributed by atoms with Crippen LogP contribution in [0.2, 0.25) is 0 Å². The number of hydrogen-bond acceptors (Lipinski definition) is 4. The van der Waals surface area contributed by atoms with Gasteiger partial charge in [0.2, 0.25) is 0 Å². The van der Waals surface area contributed by atoms with E-state index >= 15 is 0 Å². The summed E-state index contributed by atoms with van der Waals surface area (Å²) in [5.41, 5.74) is -1.29. The minimum Gasteiger partial charge on any atom is -0.481 e. The zero-order valence-electron chi connectivity index (χ0n) is 22.8. The summed E-state index contributed by atoms with van der Waals surface area (Å²) in [5, 5.41) is 41.9. The first-order chi connectivity index (χ1) is 16.6. The van der Waals surface area contributed by atoms with Crippen molar-refractivity contribution in [1.29, 1.82) is 0 Å². The summed E-state index contributed by atoms with van der Waals surface area (Å²) in [6.45, 7) is 11.0. The number of rotatable bonds is 3. The summed E-state index contributed by atoms with van der Waals surface area (Å²) in [5.74, 6) is -1.20. The lowest BCUT2D eigenvalue weighted by molar-refractivity contribution is -0.217. The monoisotopic (exact) mass is 502 g/mol. The Kier molecular flexibility index (Phi) is 5.69. The Morgan fingerprint density at radius 3 is 2.17 bits per heavy atom. The van der Waals surface area contributed by atoms with Gasteiger partial charge in [-0.25, -0.2) is 0 Å². The molecular formula is C30H46O6. The van der Waals surface area contributed by atoms with Gasteiger partial charge in [-0.2, -0.15) is 0 Å². The predicted octanol–water partition coefficient (Wildman–Crippen LogP) is 5.27. The van der Waals surface area contributed by atoms with Crippen molar-refractivity contribution in [3.63, 3.8) is 0 Å². The van der Waals surface area contributed by atoms with E-state index in [0.29, 0.717) is 38.0 Å². The fourth-order valence-corrected chi connectivity index (χ4v) is 10.7. The third kappa shape index (κ3) is 2.98. The molecule has 0 heterocycles. The highest BCUT2D eigenvalue weighted by atomic mass is 16.4. The topological polar surface area (TPSA) is 115 Å². The molecule has 202 valence electrons. The zero-order valence-corrected chi connectivity index (χ0v) is 22.8. The quantitative estimate of drug-likeness (QED) is 0.391. The molecule has 4 N–H and O–H groups in total. The van der Waals surface area contributed by atoms with Crippen molar-refractivity contribution < 1.29 is 30.0 Å². The van der Waals surface area contributed by atoms with Gasteiger partial charge in [0.25, 0.3) is 0 Å². The highest BCUT2D eigenvalue weighted by Crippen LogP contribution is 2.75. The van der Waals surface area contributed by atoms with Crippen molar-refractivity contribution in [2.75, 3.05) is 6.61 Å². The van der Waals surface area contributed by atoms with E-state index in [1.54, 1.807) is 6.92 Å². The number of carboxylic acid groups (broad SMARTS) is 2. The zero-order chi connectivity index (χ0) is 26.5. The van der Waals surface area contributed by atoms with E-state index in [1.807, 2.05) is 0 Å². The number of carboxylic acids is 2. The molecule has 0 amide bonds. The molecule has 0 aromatic rings. The van der Waals surface area contributed by atoms with Crippen molar-refractivity contribution in [3.8, 4) is 0 Å². The highest BCUT2D eigenvalue weighted by Gasteiger charge is 2.70. The minimum atomic E-state index is -0.896. The van der Waals surface area contributed by atoms with Gasteiger partial charge < -0.3 is 20.4 Å². The van der Waals surface area contributed by atoms with Crippen LogP contribution in [0, 0.1) is 50.2 Å². The van der Waals surface area contributed by atoms with Crippen molar-refractivity contribution in [1.82, 2.24) is 0 Å². The van der Waals surface area contributed by atoms with Gasteiger partial charge in [0, 0.05) is 5.41 Å². The van der Waals surface area contributed by atoms with Gasteiger partial charge in [-0.05, 0) is 105 Å². The molecule has 0 aliphatic heterocycles. The molecule has 6 nitrogen and oxygen atoms in total. The maximum Gasteiger partial charge on any atom is 0.310 e. The Balaban J connectivity index is 1.60. The molecule has 10 atom stereocenters. The van der Waals surface area contributed by atoms with Gasteiger partial charge in [-0.1, -0.05) is 39.3 Å². The van der Waals surface area contributed by atoms with E-state index < -0.39 is 34.3 Å². The van der Waals surface area contributed by atoms with Crippen LogP contribution >= 0.6 is 0 Å². The van der Waals surface area contributed by atoms with Gasteiger partial charge in [0.1, 0.15) is 0 Å². The first-order valence-electron chi connectivity index (χ1n) is 14.1. The lowest BCUT2D eigenvalue weighted by Crippen LogP contribution is -2.66. The normalized spacial score (nSPS) is 54.2. The van der Waals surface area contributed by atoms with Crippen molar-refractivity contribution in [2.45, 2.75) is 105 Å². The second-order valence-electron chi connectivity index (χ2n) is 14.6. The van der Waals surface area contributed by atoms with Gasteiger partial charge in [-0.3, -0.25) is 9.59 Å². The number of aliphatic carboxylic acids is 2. The molecule has 0 saturated heterocycles. The Morgan fingerprint density at radius 1 is 0.889 bits per heavy atom. The minimum absolute atomic E-state index is 0.00675. The molecular weight excluding hydrogens is 456 g/mol. The van der Waals surface area contributed by atoms with Crippen LogP contribution in [0.1, 0.15) is 98.8 Å². The maximum atomic E-state index is 12.8. The van der Waals surface area contributed by atoms with E-state index in [1.165, 1.54) is 5.57 Å². The second-order valence-corrected chi connectivity index (χ2v) is 14.6. The summed E-state index contributed by atoms with van der Waals surface area (Å²) in [6, 6.07) is 0. The van der Waals surface area contributed by atoms with E-state index in [0.717, 1.165) is 32.1 Å². The Bertz CT molecular complexity index is 1010. The van der Waals surface area contributed by atoms with Crippen LogP contribution in [-0.4, -0.2) is 45.1 Å². The number of allylic oxidation sites excluding steroid dienone is 2. The van der Waals surface area contributed by atoms with Crippen LogP contribution in [0.3, 0.4) is 0 Å². The number of aliphatic hydroxyl groups is 2. The molecule has 0 aromatic carbocycles. The van der Waals surface area contributed by atoms with Crippen molar-refractivity contribution in [3.05, 3.63) is 11.6 Å². The van der Waals surface area contributed by atoms with E-state index in [9.17, 15) is 30.0 Å². The average molecular weight is 503 g/mol. The van der Waals surface area contributed by atoms with Gasteiger partial charge in [-0.15, -0.1) is 0 Å². The van der Waals surface area contributed by atoms with Gasteiger partial charge in [0.15, 0.2) is 0 Å². The summed E-state index contributed by atoms with van der Waals surface area (Å²) in [4.78, 5) is 25.0. The van der Waals surface area contributed by atoms with Crippen LogP contribution in [-0.2, 0) is 9.59 Å². The standard InChI is InChI=1S/C30H46O6/c1-25(23(33)34)12-14-30(24(35)36)15-13-28(4)18(19(30)16-25)6-7-21-26(2)10-9-22(32)27(3,17-31)20(26)8-11-29(21,28)5/h6,19-22,31-32H,7-17H2,1-5H3,(H,33,34)(H,35,36)/t19-,20+,21+,22+,25+,26-,27-,28+,29+,30-/m0/s1. The Hall–Kier alpha value is -1.40. The molecule has 4 saturated carbocycles. The first kappa shape index (κ1) is 26.2. The lowest BCUT2D eigenvalue weighted by atomic mass is 9.33. The molecule has 0 unspecified atom stereocenters. The van der Waals surface area contributed by atoms with E-state index in [-0.39, 0.29) is 34.7 Å². The molecule has 5 aliphatic rings. The molecule has 0 spiro atoms.